The smallest absolute Gasteiger partial charge is 0.260 e. The van der Waals surface area contributed by atoms with E-state index in [0.29, 0.717) is 17.1 Å². The van der Waals surface area contributed by atoms with E-state index in [1.54, 1.807) is 6.07 Å². The van der Waals surface area contributed by atoms with Crippen LogP contribution in [0.5, 0.6) is 0 Å². The molecule has 1 amide bonds. The third-order valence-corrected chi connectivity index (χ3v) is 2.09. The Morgan fingerprint density at radius 1 is 1.50 bits per heavy atom. The van der Waals surface area contributed by atoms with Gasteiger partial charge in [-0.2, -0.15) is 5.10 Å². The van der Waals surface area contributed by atoms with Crippen molar-refractivity contribution in [1.82, 2.24) is 15.2 Å². The van der Waals surface area contributed by atoms with Gasteiger partial charge in [0, 0.05) is 6.20 Å². The Morgan fingerprint density at radius 3 is 2.94 bits per heavy atom. The van der Waals surface area contributed by atoms with Crippen LogP contribution in [-0.4, -0.2) is 21.1 Å². The van der Waals surface area contributed by atoms with Crippen LogP contribution in [0.3, 0.4) is 0 Å². The van der Waals surface area contributed by atoms with Gasteiger partial charge in [-0.3, -0.25) is 9.89 Å². The number of nitrogen functional groups attached to an aromatic ring is 1. The molecule has 0 fully saturated rings. The number of pyridine rings is 1. The molecule has 0 atom stereocenters. The van der Waals surface area contributed by atoms with Crippen LogP contribution >= 0.6 is 0 Å². The second kappa shape index (κ2) is 4.01. The second-order valence-corrected chi connectivity index (χ2v) is 3.38. The van der Waals surface area contributed by atoms with E-state index in [4.69, 9.17) is 5.73 Å². The first-order valence-corrected chi connectivity index (χ1v) is 4.69. The number of nitrogens with one attached hydrogen (secondary N) is 2. The fraction of sp³-hybridized carbons (Fsp3) is 0.100. The Bertz CT molecular complexity index is 506. The summed E-state index contributed by atoms with van der Waals surface area (Å²) in [6.45, 7) is 1.83. The molecule has 0 aliphatic heterocycles. The molecule has 0 saturated carbocycles. The number of nitrogens with zero attached hydrogens (tertiary/aromatic N) is 2. The molecule has 0 aromatic carbocycles. The highest BCUT2D eigenvalue weighted by molar-refractivity contribution is 6.03. The van der Waals surface area contributed by atoms with Gasteiger partial charge in [-0.25, -0.2) is 4.98 Å². The Kier molecular flexibility index (Phi) is 2.55. The van der Waals surface area contributed by atoms with Crippen molar-refractivity contribution < 1.29 is 4.79 Å². The fourth-order valence-corrected chi connectivity index (χ4v) is 1.28. The van der Waals surface area contributed by atoms with Gasteiger partial charge in [-0.05, 0) is 18.6 Å². The van der Waals surface area contributed by atoms with Crippen LogP contribution in [0.15, 0.2) is 24.7 Å². The van der Waals surface area contributed by atoms with E-state index in [2.05, 4.69) is 20.5 Å². The molecule has 2 rings (SSSR count). The van der Waals surface area contributed by atoms with Crippen LogP contribution < -0.4 is 11.1 Å². The van der Waals surface area contributed by atoms with E-state index in [1.807, 2.05) is 6.92 Å². The number of aromatic nitrogens is 3. The third-order valence-electron chi connectivity index (χ3n) is 2.09. The average molecular weight is 217 g/mol. The molecule has 6 nitrogen and oxygen atoms in total. The van der Waals surface area contributed by atoms with Gasteiger partial charge in [-0.15, -0.1) is 0 Å². The summed E-state index contributed by atoms with van der Waals surface area (Å²) in [7, 11) is 0. The van der Waals surface area contributed by atoms with Crippen molar-refractivity contribution in [2.75, 3.05) is 11.1 Å². The van der Waals surface area contributed by atoms with Crippen molar-refractivity contribution in [2.24, 2.45) is 0 Å². The number of rotatable bonds is 2. The van der Waals surface area contributed by atoms with E-state index >= 15 is 0 Å². The SMILES string of the molecule is Cc1cc(N)cnc1NC(=O)c1cn[nH]c1. The van der Waals surface area contributed by atoms with Crippen LogP contribution in [0.1, 0.15) is 15.9 Å². The van der Waals surface area contributed by atoms with Gasteiger partial charge in [0.05, 0.1) is 23.6 Å². The summed E-state index contributed by atoms with van der Waals surface area (Å²) in [4.78, 5) is 15.7. The maximum absolute atomic E-state index is 11.7. The number of aryl methyl sites for hydroxylation is 1. The van der Waals surface area contributed by atoms with Crippen molar-refractivity contribution in [3.05, 3.63) is 35.8 Å². The predicted molar refractivity (Wildman–Crippen MR) is 59.9 cm³/mol. The van der Waals surface area contributed by atoms with Crippen molar-refractivity contribution in [1.29, 1.82) is 0 Å². The largest absolute Gasteiger partial charge is 0.397 e. The molecule has 4 N–H and O–H groups in total. The van der Waals surface area contributed by atoms with Crippen molar-refractivity contribution in [3.8, 4) is 0 Å². The zero-order valence-corrected chi connectivity index (χ0v) is 8.69. The lowest BCUT2D eigenvalue weighted by atomic mass is 10.2. The van der Waals surface area contributed by atoms with Crippen molar-refractivity contribution in [3.63, 3.8) is 0 Å². The number of amides is 1. The van der Waals surface area contributed by atoms with E-state index < -0.39 is 0 Å². The molecule has 16 heavy (non-hydrogen) atoms. The molecule has 0 bridgehead atoms. The minimum Gasteiger partial charge on any atom is -0.397 e. The highest BCUT2D eigenvalue weighted by atomic mass is 16.1. The molecule has 0 aliphatic rings. The normalized spacial score (nSPS) is 10.1. The molecule has 2 aromatic rings. The molecular formula is C10H11N5O. The first-order chi connectivity index (χ1) is 7.66. The van der Waals surface area contributed by atoms with Gasteiger partial charge in [0.2, 0.25) is 0 Å². The van der Waals surface area contributed by atoms with E-state index in [9.17, 15) is 4.79 Å². The fourth-order valence-electron chi connectivity index (χ4n) is 1.28. The Labute approximate surface area is 91.9 Å². The van der Waals surface area contributed by atoms with Gasteiger partial charge in [0.1, 0.15) is 5.82 Å². The molecule has 6 heteroatoms. The van der Waals surface area contributed by atoms with E-state index in [0.717, 1.165) is 5.56 Å². The Hall–Kier alpha value is -2.37. The highest BCUT2D eigenvalue weighted by Gasteiger charge is 2.09. The number of H-pyrrole nitrogens is 1. The first kappa shape index (κ1) is 10.2. The summed E-state index contributed by atoms with van der Waals surface area (Å²) in [5, 5.41) is 8.94. The van der Waals surface area contributed by atoms with Gasteiger partial charge >= 0.3 is 0 Å². The third kappa shape index (κ3) is 2.00. The molecule has 2 aromatic heterocycles. The molecule has 0 aliphatic carbocycles. The van der Waals surface area contributed by atoms with Gasteiger partial charge in [0.15, 0.2) is 0 Å². The first-order valence-electron chi connectivity index (χ1n) is 4.69. The predicted octanol–water partition coefficient (Wildman–Crippen LogP) is 0.948. The highest BCUT2D eigenvalue weighted by Crippen LogP contribution is 2.14. The van der Waals surface area contributed by atoms with Crippen LogP contribution in [0.25, 0.3) is 0 Å². The summed E-state index contributed by atoms with van der Waals surface area (Å²) >= 11 is 0. The molecule has 2 heterocycles. The van der Waals surface area contributed by atoms with Gasteiger partial charge < -0.3 is 11.1 Å². The summed E-state index contributed by atoms with van der Waals surface area (Å²) in [6.07, 6.45) is 4.46. The zero-order chi connectivity index (χ0) is 11.5. The number of aromatic amines is 1. The molecular weight excluding hydrogens is 206 g/mol. The zero-order valence-electron chi connectivity index (χ0n) is 8.69. The summed E-state index contributed by atoms with van der Waals surface area (Å²) in [5.74, 6) is 0.245. The second-order valence-electron chi connectivity index (χ2n) is 3.38. The standard InChI is InChI=1S/C10H11N5O/c1-6-2-8(11)5-12-9(6)15-10(16)7-3-13-14-4-7/h2-5H,11H2,1H3,(H,13,14)(H,12,15,16). The van der Waals surface area contributed by atoms with Crippen molar-refractivity contribution in [2.45, 2.75) is 6.92 Å². The van der Waals surface area contributed by atoms with Gasteiger partial charge in [0.25, 0.3) is 5.91 Å². The minimum absolute atomic E-state index is 0.255. The maximum Gasteiger partial charge on any atom is 0.260 e. The summed E-state index contributed by atoms with van der Waals surface area (Å²) < 4.78 is 0. The molecule has 0 unspecified atom stereocenters. The Balaban J connectivity index is 2.18. The molecule has 0 spiro atoms. The number of hydrogen-bond acceptors (Lipinski definition) is 4. The number of carbonyl (C=O) groups excluding carboxylic acids is 1. The average Bonchev–Trinajstić information content (AvgIpc) is 2.75. The lowest BCUT2D eigenvalue weighted by Gasteiger charge is -2.06. The quantitative estimate of drug-likeness (QED) is 0.697. The molecule has 0 saturated heterocycles. The van der Waals surface area contributed by atoms with Crippen LogP contribution in [0, 0.1) is 6.92 Å². The lowest BCUT2D eigenvalue weighted by Crippen LogP contribution is -2.13. The van der Waals surface area contributed by atoms with E-state index in [1.165, 1.54) is 18.6 Å². The van der Waals surface area contributed by atoms with Crippen molar-refractivity contribution >= 4 is 17.4 Å². The maximum atomic E-state index is 11.7. The van der Waals surface area contributed by atoms with E-state index in [-0.39, 0.29) is 5.91 Å². The summed E-state index contributed by atoms with van der Waals surface area (Å²) in [6, 6.07) is 1.75. The van der Waals surface area contributed by atoms with Crippen LogP contribution in [0.2, 0.25) is 0 Å². The minimum atomic E-state index is -0.255. The number of hydrogen-bond donors (Lipinski definition) is 3. The number of anilines is 2. The van der Waals surface area contributed by atoms with Crippen LogP contribution in [0.4, 0.5) is 11.5 Å². The number of carbonyl (C=O) groups is 1. The topological polar surface area (TPSA) is 96.7 Å². The van der Waals surface area contributed by atoms with Gasteiger partial charge in [-0.1, -0.05) is 0 Å². The summed E-state index contributed by atoms with van der Waals surface area (Å²) in [5.41, 5.74) is 7.40. The van der Waals surface area contributed by atoms with Crippen LogP contribution in [-0.2, 0) is 0 Å². The number of nitrogens with two attached hydrogens (primary N) is 1. The monoisotopic (exact) mass is 217 g/mol. The molecule has 0 radical (unpaired) electrons. The molecule has 82 valence electrons. The lowest BCUT2D eigenvalue weighted by molar-refractivity contribution is 0.102. The Morgan fingerprint density at radius 2 is 2.31 bits per heavy atom.